The number of benzene rings is 2. The maximum absolute atomic E-state index is 13.1. The highest BCUT2D eigenvalue weighted by molar-refractivity contribution is 6.24. The zero-order valence-electron chi connectivity index (χ0n) is 16.0. The molecular weight excluding hydrogens is 334 g/mol. The average Bonchev–Trinajstić information content (AvgIpc) is 3.08. The smallest absolute Gasteiger partial charge is 0.252 e. The average molecular weight is 359 g/mol. The first-order chi connectivity index (χ1) is 13.1. The Morgan fingerprint density at radius 2 is 1.74 bits per heavy atom. The van der Waals surface area contributed by atoms with Gasteiger partial charge in [-0.2, -0.15) is 5.10 Å². The maximum Gasteiger partial charge on any atom is 0.252 e. The lowest BCUT2D eigenvalue weighted by molar-refractivity contribution is -0.116. The van der Waals surface area contributed by atoms with Crippen LogP contribution in [0.3, 0.4) is 0 Å². The molecule has 4 nitrogen and oxygen atoms in total. The second kappa shape index (κ2) is 8.49. The van der Waals surface area contributed by atoms with E-state index in [2.05, 4.69) is 17.3 Å². The van der Waals surface area contributed by atoms with Crippen LogP contribution < -0.4 is 5.32 Å². The molecule has 0 radical (unpaired) electrons. The molecular formula is C23H25N3O. The van der Waals surface area contributed by atoms with E-state index in [1.807, 2.05) is 91.5 Å². The van der Waals surface area contributed by atoms with Gasteiger partial charge in [0.05, 0.1) is 12.2 Å². The minimum atomic E-state index is -0.124. The van der Waals surface area contributed by atoms with Gasteiger partial charge in [-0.05, 0) is 38.0 Å². The van der Waals surface area contributed by atoms with Crippen LogP contribution in [0.1, 0.15) is 42.3 Å². The molecule has 0 aliphatic carbocycles. The number of amides is 1. The van der Waals surface area contributed by atoms with Gasteiger partial charge in [-0.1, -0.05) is 60.7 Å². The van der Waals surface area contributed by atoms with Crippen LogP contribution in [0.15, 0.2) is 66.9 Å². The maximum atomic E-state index is 13.1. The fourth-order valence-electron chi connectivity index (χ4n) is 3.17. The van der Waals surface area contributed by atoms with Crippen LogP contribution in [0.2, 0.25) is 0 Å². The van der Waals surface area contributed by atoms with Crippen LogP contribution in [0, 0.1) is 6.92 Å². The van der Waals surface area contributed by atoms with E-state index in [4.69, 9.17) is 0 Å². The van der Waals surface area contributed by atoms with Gasteiger partial charge in [-0.15, -0.1) is 0 Å². The van der Waals surface area contributed by atoms with Gasteiger partial charge >= 0.3 is 0 Å². The van der Waals surface area contributed by atoms with E-state index in [0.29, 0.717) is 5.57 Å². The quantitative estimate of drug-likeness (QED) is 0.515. The summed E-state index contributed by atoms with van der Waals surface area (Å²) in [6.45, 7) is 6.90. The predicted molar refractivity (Wildman–Crippen MR) is 110 cm³/mol. The summed E-state index contributed by atoms with van der Waals surface area (Å²) < 4.78 is 1.94. The van der Waals surface area contributed by atoms with Crippen molar-refractivity contribution in [2.75, 3.05) is 0 Å². The molecule has 0 aliphatic heterocycles. The molecule has 2 aromatic carbocycles. The van der Waals surface area contributed by atoms with Crippen LogP contribution in [-0.2, 0) is 11.3 Å². The van der Waals surface area contributed by atoms with Gasteiger partial charge < -0.3 is 5.32 Å². The molecule has 27 heavy (non-hydrogen) atoms. The summed E-state index contributed by atoms with van der Waals surface area (Å²) in [6.07, 6.45) is 3.77. The van der Waals surface area contributed by atoms with Gasteiger partial charge in [0.25, 0.3) is 5.91 Å². The Labute approximate surface area is 160 Å². The largest absolute Gasteiger partial charge is 0.345 e. The molecule has 0 saturated carbocycles. The third-order valence-corrected chi connectivity index (χ3v) is 4.69. The fourth-order valence-corrected chi connectivity index (χ4v) is 3.17. The number of nitrogens with one attached hydrogen (secondary N) is 1. The molecule has 1 unspecified atom stereocenters. The topological polar surface area (TPSA) is 46.9 Å². The molecule has 0 spiro atoms. The van der Waals surface area contributed by atoms with E-state index in [1.165, 1.54) is 0 Å². The Morgan fingerprint density at radius 3 is 2.33 bits per heavy atom. The summed E-state index contributed by atoms with van der Waals surface area (Å²) in [6, 6.07) is 19.5. The van der Waals surface area contributed by atoms with Crippen molar-refractivity contribution in [1.82, 2.24) is 15.1 Å². The Bertz CT molecular complexity index is 927. The van der Waals surface area contributed by atoms with Crippen molar-refractivity contribution in [3.8, 4) is 0 Å². The van der Waals surface area contributed by atoms with E-state index in [-0.39, 0.29) is 11.9 Å². The second-order valence-corrected chi connectivity index (χ2v) is 6.53. The minimum absolute atomic E-state index is 0.0961. The van der Waals surface area contributed by atoms with Crippen LogP contribution in [0.5, 0.6) is 0 Å². The molecule has 4 heteroatoms. The number of hydrogen-bond donors (Lipinski definition) is 1. The van der Waals surface area contributed by atoms with E-state index in [1.54, 1.807) is 0 Å². The van der Waals surface area contributed by atoms with Gasteiger partial charge in [0.2, 0.25) is 0 Å². The Kier molecular flexibility index (Phi) is 5.87. The standard InChI is InChI=1S/C23H25N3O/c1-4-26-18(3)22(16-24-26)17(2)25-23(27)21(20-13-9-6-10-14-20)15-19-11-7-5-8-12-19/h5-17H,4H2,1-3H3,(H,25,27)/b21-15-. The van der Waals surface area contributed by atoms with Gasteiger partial charge in [0.15, 0.2) is 0 Å². The van der Waals surface area contributed by atoms with Gasteiger partial charge in [-0.25, -0.2) is 0 Å². The van der Waals surface area contributed by atoms with Crippen LogP contribution in [0.25, 0.3) is 11.6 Å². The molecule has 0 aliphatic rings. The minimum Gasteiger partial charge on any atom is -0.345 e. The Balaban J connectivity index is 1.89. The molecule has 0 fully saturated rings. The molecule has 3 rings (SSSR count). The van der Waals surface area contributed by atoms with Crippen molar-refractivity contribution in [1.29, 1.82) is 0 Å². The highest BCUT2D eigenvalue weighted by Crippen LogP contribution is 2.22. The Hall–Kier alpha value is -3.14. The third-order valence-electron chi connectivity index (χ3n) is 4.69. The zero-order chi connectivity index (χ0) is 19.2. The summed E-state index contributed by atoms with van der Waals surface area (Å²) in [5, 5.41) is 7.52. The van der Waals surface area contributed by atoms with Crippen LogP contribution in [-0.4, -0.2) is 15.7 Å². The lowest BCUT2D eigenvalue weighted by Crippen LogP contribution is -2.27. The zero-order valence-corrected chi connectivity index (χ0v) is 16.0. The lowest BCUT2D eigenvalue weighted by atomic mass is 10.0. The SMILES string of the molecule is CCn1ncc(C(C)NC(=O)/C(=C\c2ccccc2)c2ccccc2)c1C. The molecule has 1 N–H and O–H groups in total. The first-order valence-corrected chi connectivity index (χ1v) is 9.25. The Morgan fingerprint density at radius 1 is 1.11 bits per heavy atom. The van der Waals surface area contributed by atoms with Crippen molar-refractivity contribution in [3.63, 3.8) is 0 Å². The van der Waals surface area contributed by atoms with E-state index in [0.717, 1.165) is 28.9 Å². The first-order valence-electron chi connectivity index (χ1n) is 9.25. The first kappa shape index (κ1) is 18.6. The summed E-state index contributed by atoms with van der Waals surface area (Å²) in [5.41, 5.74) is 4.66. The molecule has 138 valence electrons. The van der Waals surface area contributed by atoms with E-state index >= 15 is 0 Å². The van der Waals surface area contributed by atoms with Gasteiger partial charge in [0.1, 0.15) is 0 Å². The van der Waals surface area contributed by atoms with Crippen LogP contribution in [0.4, 0.5) is 0 Å². The molecule has 0 bridgehead atoms. The van der Waals surface area contributed by atoms with E-state index in [9.17, 15) is 4.79 Å². The monoisotopic (exact) mass is 359 g/mol. The van der Waals surface area contributed by atoms with Crippen molar-refractivity contribution in [3.05, 3.63) is 89.2 Å². The number of hydrogen-bond acceptors (Lipinski definition) is 2. The summed E-state index contributed by atoms with van der Waals surface area (Å²) in [4.78, 5) is 13.1. The summed E-state index contributed by atoms with van der Waals surface area (Å²) in [7, 11) is 0. The van der Waals surface area contributed by atoms with Crippen molar-refractivity contribution in [2.24, 2.45) is 0 Å². The van der Waals surface area contributed by atoms with Crippen molar-refractivity contribution < 1.29 is 4.79 Å². The van der Waals surface area contributed by atoms with Crippen LogP contribution >= 0.6 is 0 Å². The highest BCUT2D eigenvalue weighted by Gasteiger charge is 2.18. The molecule has 1 aromatic heterocycles. The molecule has 1 heterocycles. The van der Waals surface area contributed by atoms with Crippen molar-refractivity contribution >= 4 is 17.6 Å². The number of nitrogens with zero attached hydrogens (tertiary/aromatic N) is 2. The van der Waals surface area contributed by atoms with E-state index < -0.39 is 0 Å². The number of carbonyl (C=O) groups is 1. The number of aryl methyl sites for hydroxylation is 1. The normalized spacial score (nSPS) is 12.6. The molecule has 3 aromatic rings. The molecule has 1 amide bonds. The number of aromatic nitrogens is 2. The fraction of sp³-hybridized carbons (Fsp3) is 0.217. The third kappa shape index (κ3) is 4.34. The number of rotatable bonds is 6. The van der Waals surface area contributed by atoms with Crippen molar-refractivity contribution in [2.45, 2.75) is 33.4 Å². The lowest BCUT2D eigenvalue weighted by Gasteiger charge is -2.16. The molecule has 0 saturated heterocycles. The predicted octanol–water partition coefficient (Wildman–Crippen LogP) is 4.63. The van der Waals surface area contributed by atoms with Gasteiger partial charge in [0, 0.05) is 23.4 Å². The highest BCUT2D eigenvalue weighted by atomic mass is 16.1. The number of carbonyl (C=O) groups excluding carboxylic acids is 1. The second-order valence-electron chi connectivity index (χ2n) is 6.53. The summed E-state index contributed by atoms with van der Waals surface area (Å²) in [5.74, 6) is -0.0961. The summed E-state index contributed by atoms with van der Waals surface area (Å²) >= 11 is 0. The van der Waals surface area contributed by atoms with Gasteiger partial charge in [-0.3, -0.25) is 9.48 Å². The molecule has 1 atom stereocenters.